The van der Waals surface area contributed by atoms with Gasteiger partial charge < -0.3 is 25.4 Å². The fraction of sp³-hybridized carbons (Fsp3) is 0.558. The number of ether oxygens (including phenoxy) is 2. The smallest absolute Gasteiger partial charge is 0.335 e. The van der Waals surface area contributed by atoms with Crippen molar-refractivity contribution in [2.45, 2.75) is 116 Å². The van der Waals surface area contributed by atoms with Crippen LogP contribution in [0, 0.1) is 33.5 Å². The molecule has 4 N–H and O–H groups in total. The summed E-state index contributed by atoms with van der Waals surface area (Å²) in [6, 6.07) is 16.6. The van der Waals surface area contributed by atoms with Gasteiger partial charge in [0, 0.05) is 34.1 Å². The van der Waals surface area contributed by atoms with Crippen molar-refractivity contribution < 1.29 is 24.5 Å². The zero-order valence-electron chi connectivity index (χ0n) is 29.5. The van der Waals surface area contributed by atoms with Crippen molar-refractivity contribution in [2.75, 3.05) is 5.73 Å². The van der Waals surface area contributed by atoms with Crippen LogP contribution in [0.3, 0.4) is 0 Å². The lowest BCUT2D eigenvalue weighted by molar-refractivity contribution is -0.112. The summed E-state index contributed by atoms with van der Waals surface area (Å²) in [6.45, 7) is 10.1. The highest BCUT2D eigenvalue weighted by Gasteiger charge is 2.63. The number of aromatic hydroxyl groups is 1. The fourth-order valence-electron chi connectivity index (χ4n) is 14.6. The molecular formula is C43H51NO5. The summed E-state index contributed by atoms with van der Waals surface area (Å²) in [4.78, 5) is 11.7. The van der Waals surface area contributed by atoms with E-state index in [-0.39, 0.29) is 22.1 Å². The average Bonchev–Trinajstić information content (AvgIpc) is 2.95. The molecule has 11 rings (SSSR count). The molecule has 6 heteroatoms. The average molecular weight is 662 g/mol. The van der Waals surface area contributed by atoms with Crippen LogP contribution in [0.2, 0.25) is 0 Å². The molecule has 8 aliphatic rings. The number of hydrogen-bond donors (Lipinski definition) is 3. The van der Waals surface area contributed by atoms with E-state index >= 15 is 0 Å². The molecule has 3 aromatic rings. The van der Waals surface area contributed by atoms with E-state index in [0.29, 0.717) is 50.7 Å². The first kappa shape index (κ1) is 31.3. The Labute approximate surface area is 290 Å². The van der Waals surface area contributed by atoms with Crippen LogP contribution in [-0.2, 0) is 10.8 Å². The molecule has 4 unspecified atom stereocenters. The van der Waals surface area contributed by atoms with Gasteiger partial charge in [-0.15, -0.1) is 0 Å². The molecule has 0 aromatic heterocycles. The predicted molar refractivity (Wildman–Crippen MR) is 191 cm³/mol. The lowest BCUT2D eigenvalue weighted by Crippen LogP contribution is -2.57. The van der Waals surface area contributed by atoms with E-state index in [0.717, 1.165) is 37.2 Å². The number of anilines is 1. The standard InChI is InChI=1S/C43H51NO5/c1-38-14-26-15-39(2,20-38)23-42(18-26,22-38)31-12-32(43-19-27-16-40(3,24-43)21-41(4,17-27)25-43)36(49-30-9-10-33(44)34(45)11-30)13-35(31)48-29-7-5-28(6-8-29)37(46)47/h5-13,26-27,45H,14-25,44H2,1-4H3,(H,46,47). The molecule has 6 nitrogen and oxygen atoms in total. The Morgan fingerprint density at radius 2 is 1.08 bits per heavy atom. The highest BCUT2D eigenvalue weighted by Crippen LogP contribution is 2.73. The number of nitrogens with two attached hydrogens (primary N) is 1. The Kier molecular flexibility index (Phi) is 6.38. The third-order valence-electron chi connectivity index (χ3n) is 14.0. The van der Waals surface area contributed by atoms with Crippen molar-refractivity contribution in [3.05, 3.63) is 71.3 Å². The minimum atomic E-state index is -0.952. The molecule has 8 fully saturated rings. The van der Waals surface area contributed by atoms with Crippen molar-refractivity contribution in [1.29, 1.82) is 0 Å². The second kappa shape index (κ2) is 9.98. The molecule has 4 atom stereocenters. The third kappa shape index (κ3) is 5.06. The Balaban J connectivity index is 1.25. The van der Waals surface area contributed by atoms with Crippen LogP contribution < -0.4 is 15.2 Å². The molecule has 0 radical (unpaired) electrons. The van der Waals surface area contributed by atoms with Crippen molar-refractivity contribution in [3.63, 3.8) is 0 Å². The van der Waals surface area contributed by atoms with E-state index in [1.54, 1.807) is 36.4 Å². The fourth-order valence-corrected chi connectivity index (χ4v) is 14.6. The van der Waals surface area contributed by atoms with E-state index in [4.69, 9.17) is 15.2 Å². The van der Waals surface area contributed by atoms with Gasteiger partial charge in [0.1, 0.15) is 28.7 Å². The first-order chi connectivity index (χ1) is 23.1. The molecule has 258 valence electrons. The number of phenols is 1. The van der Waals surface area contributed by atoms with Crippen LogP contribution >= 0.6 is 0 Å². The third-order valence-corrected chi connectivity index (χ3v) is 14.0. The van der Waals surface area contributed by atoms with Crippen LogP contribution in [0.4, 0.5) is 5.69 Å². The molecule has 8 saturated carbocycles. The van der Waals surface area contributed by atoms with Gasteiger partial charge in [-0.1, -0.05) is 27.7 Å². The topological polar surface area (TPSA) is 102 Å². The maximum Gasteiger partial charge on any atom is 0.335 e. The monoisotopic (exact) mass is 661 g/mol. The summed E-state index contributed by atoms with van der Waals surface area (Å²) < 4.78 is 13.8. The number of rotatable bonds is 7. The summed E-state index contributed by atoms with van der Waals surface area (Å²) in [5.74, 6) is 3.25. The quantitative estimate of drug-likeness (QED) is 0.172. The number of carboxylic acid groups (broad SMARTS) is 1. The molecule has 0 heterocycles. The van der Waals surface area contributed by atoms with Crippen LogP contribution in [0.1, 0.15) is 126 Å². The normalized spacial score (nSPS) is 39.7. The molecule has 49 heavy (non-hydrogen) atoms. The van der Waals surface area contributed by atoms with Gasteiger partial charge in [-0.05, 0) is 153 Å². The minimum Gasteiger partial charge on any atom is -0.506 e. The molecule has 8 bridgehead atoms. The van der Waals surface area contributed by atoms with Crippen LogP contribution in [0.25, 0.3) is 0 Å². The summed E-state index contributed by atoms with van der Waals surface area (Å²) >= 11 is 0. The largest absolute Gasteiger partial charge is 0.506 e. The van der Waals surface area contributed by atoms with Crippen LogP contribution in [-0.4, -0.2) is 16.2 Å². The van der Waals surface area contributed by atoms with Gasteiger partial charge in [-0.3, -0.25) is 0 Å². The lowest BCUT2D eigenvalue weighted by Gasteiger charge is -2.66. The number of benzene rings is 3. The van der Waals surface area contributed by atoms with Gasteiger partial charge in [0.2, 0.25) is 0 Å². The molecule has 0 saturated heterocycles. The van der Waals surface area contributed by atoms with Crippen molar-refractivity contribution >= 4 is 11.7 Å². The zero-order chi connectivity index (χ0) is 34.2. The number of aromatic carboxylic acids is 1. The highest BCUT2D eigenvalue weighted by atomic mass is 16.5. The van der Waals surface area contributed by atoms with Gasteiger partial charge in [-0.25, -0.2) is 4.79 Å². The van der Waals surface area contributed by atoms with Gasteiger partial charge >= 0.3 is 5.97 Å². The van der Waals surface area contributed by atoms with E-state index in [9.17, 15) is 15.0 Å². The Hall–Kier alpha value is -3.67. The van der Waals surface area contributed by atoms with Gasteiger partial charge in [0.15, 0.2) is 0 Å². The zero-order valence-corrected chi connectivity index (χ0v) is 29.5. The van der Waals surface area contributed by atoms with Crippen molar-refractivity contribution in [1.82, 2.24) is 0 Å². The van der Waals surface area contributed by atoms with Gasteiger partial charge in [0.05, 0.1) is 11.3 Å². The summed E-state index contributed by atoms with van der Waals surface area (Å²) in [5, 5.41) is 20.1. The van der Waals surface area contributed by atoms with Crippen molar-refractivity contribution in [3.8, 4) is 28.7 Å². The highest BCUT2D eigenvalue weighted by molar-refractivity contribution is 5.87. The minimum absolute atomic E-state index is 0.000612. The number of phenolic OH excluding ortho intramolecular Hbond substituents is 1. The Bertz CT molecular complexity index is 1840. The van der Waals surface area contributed by atoms with E-state index in [1.165, 1.54) is 62.5 Å². The maximum atomic E-state index is 11.7. The second-order valence-corrected chi connectivity index (χ2v) is 19.4. The lowest BCUT2D eigenvalue weighted by atomic mass is 9.38. The number of nitrogen functional groups attached to an aromatic ring is 1. The number of carboxylic acids is 1. The molecule has 3 aromatic carbocycles. The van der Waals surface area contributed by atoms with Gasteiger partial charge in [0.25, 0.3) is 0 Å². The summed E-state index contributed by atoms with van der Waals surface area (Å²) in [5.41, 5.74) is 10.4. The van der Waals surface area contributed by atoms with Gasteiger partial charge in [-0.2, -0.15) is 0 Å². The van der Waals surface area contributed by atoms with Crippen molar-refractivity contribution in [2.24, 2.45) is 33.5 Å². The summed E-state index contributed by atoms with van der Waals surface area (Å²) in [6.07, 6.45) is 14.9. The van der Waals surface area contributed by atoms with E-state index < -0.39 is 5.97 Å². The van der Waals surface area contributed by atoms with Crippen LogP contribution in [0.15, 0.2) is 54.6 Å². The SMILES string of the molecule is CC12CC3CC(C)(C1)CC(c1cc(C45CC6CC(C)(CC(C)(C6)C4)C5)c(Oc4ccc(N)c(O)c4)cc1Oc1ccc(C(=O)O)cc1)(C3)C2. The first-order valence-electron chi connectivity index (χ1n) is 18.5. The predicted octanol–water partition coefficient (Wildman–Crippen LogP) is 10.8. The van der Waals surface area contributed by atoms with Crippen LogP contribution in [0.5, 0.6) is 28.7 Å². The first-order valence-corrected chi connectivity index (χ1v) is 18.5. The van der Waals surface area contributed by atoms with E-state index in [1.807, 2.05) is 6.07 Å². The van der Waals surface area contributed by atoms with E-state index in [2.05, 4.69) is 39.8 Å². The molecule has 0 spiro atoms. The Morgan fingerprint density at radius 1 is 0.633 bits per heavy atom. The number of hydrogen-bond acceptors (Lipinski definition) is 5. The second-order valence-electron chi connectivity index (χ2n) is 19.4. The molecular weight excluding hydrogens is 610 g/mol. The maximum absolute atomic E-state index is 11.7. The molecule has 8 aliphatic carbocycles. The summed E-state index contributed by atoms with van der Waals surface area (Å²) in [7, 11) is 0. The molecule has 0 amide bonds. The number of carbonyl (C=O) groups is 1. The molecule has 0 aliphatic heterocycles. The Morgan fingerprint density at radius 3 is 1.51 bits per heavy atom.